The Morgan fingerprint density at radius 3 is 2.31 bits per heavy atom. The van der Waals surface area contributed by atoms with Crippen molar-refractivity contribution in [1.82, 2.24) is 9.45 Å². The van der Waals surface area contributed by atoms with Crippen molar-refractivity contribution in [3.05, 3.63) is 103 Å². The molecule has 0 fully saturated rings. The highest BCUT2D eigenvalue weighted by Gasteiger charge is 2.26. The van der Waals surface area contributed by atoms with Crippen LogP contribution in [0, 0.1) is 0 Å². The van der Waals surface area contributed by atoms with Gasteiger partial charge in [0.05, 0.1) is 0 Å². The largest absolute Gasteiger partial charge is 0.288 e. The van der Waals surface area contributed by atoms with Crippen LogP contribution in [0.4, 0.5) is 0 Å². The van der Waals surface area contributed by atoms with Gasteiger partial charge in [0.1, 0.15) is 5.25 Å². The summed E-state index contributed by atoms with van der Waals surface area (Å²) in [5, 5.41) is 7.57. The number of nitrogens with one attached hydrogen (secondary N) is 1. The molecule has 0 aliphatic heterocycles. The summed E-state index contributed by atoms with van der Waals surface area (Å²) in [6.45, 7) is 3.70. The topological polar surface area (TPSA) is 88.4 Å². The molecule has 7 heteroatoms. The Bertz CT molecular complexity index is 1130. The van der Waals surface area contributed by atoms with E-state index in [0.717, 1.165) is 21.2 Å². The van der Waals surface area contributed by atoms with E-state index in [-0.39, 0.29) is 0 Å². The molecule has 29 heavy (non-hydrogen) atoms. The second-order valence-electron chi connectivity index (χ2n) is 6.27. The Labute approximate surface area is 169 Å². The van der Waals surface area contributed by atoms with Crippen LogP contribution in [0.25, 0.3) is 17.2 Å². The second kappa shape index (κ2) is 8.72. The molecule has 0 aliphatic rings. The van der Waals surface area contributed by atoms with Gasteiger partial charge < -0.3 is 0 Å². The van der Waals surface area contributed by atoms with E-state index >= 15 is 0 Å². The summed E-state index contributed by atoms with van der Waals surface area (Å²) in [6, 6.07) is 18.7. The minimum atomic E-state index is -3.79. The molecule has 0 radical (unpaired) electrons. The normalized spacial score (nSPS) is 12.6. The molecule has 0 bridgehead atoms. The molecule has 3 aromatic rings. The van der Waals surface area contributed by atoms with Crippen molar-refractivity contribution in [2.45, 2.75) is 5.25 Å². The van der Waals surface area contributed by atoms with E-state index in [9.17, 15) is 13.2 Å². The van der Waals surface area contributed by atoms with Crippen molar-refractivity contribution in [2.24, 2.45) is 0 Å². The third-order valence-corrected chi connectivity index (χ3v) is 6.32. The van der Waals surface area contributed by atoms with Crippen molar-refractivity contribution in [1.29, 1.82) is 0 Å². The standard InChI is InChI=1S/C22H20N2O4S/c1-2-21(20-11-9-19(10-12-20)18-6-4-3-5-7-18)29(27,28)24-15-14-17(16-24)8-13-22(25)23-26/h2-16,21,26H,1H2,(H,23,25)/b13-8+. The first-order valence-electron chi connectivity index (χ1n) is 8.78. The van der Waals surface area contributed by atoms with Gasteiger partial charge in [0.15, 0.2) is 0 Å². The van der Waals surface area contributed by atoms with E-state index in [4.69, 9.17) is 5.21 Å². The molecule has 0 spiro atoms. The molecule has 2 aromatic carbocycles. The smallest absolute Gasteiger partial charge is 0.267 e. The van der Waals surface area contributed by atoms with Gasteiger partial charge in [-0.15, -0.1) is 6.58 Å². The summed E-state index contributed by atoms with van der Waals surface area (Å²) in [5.74, 6) is -0.705. The minimum absolute atomic E-state index is 0.499. The molecule has 0 saturated heterocycles. The SMILES string of the molecule is C=CC(c1ccc(-c2ccccc2)cc1)S(=O)(=O)n1ccc(/C=C/C(=O)NO)c1. The lowest BCUT2D eigenvalue weighted by Crippen LogP contribution is -2.18. The summed E-state index contributed by atoms with van der Waals surface area (Å²) in [6.07, 6.45) is 6.68. The number of hydrogen-bond donors (Lipinski definition) is 2. The number of rotatable bonds is 7. The van der Waals surface area contributed by atoms with E-state index in [1.54, 1.807) is 18.2 Å². The number of benzene rings is 2. The number of amides is 1. The van der Waals surface area contributed by atoms with Crippen LogP contribution in [0.5, 0.6) is 0 Å². The predicted molar refractivity (Wildman–Crippen MR) is 113 cm³/mol. The van der Waals surface area contributed by atoms with Crippen LogP contribution in [0.1, 0.15) is 16.4 Å². The zero-order chi connectivity index (χ0) is 20.9. The van der Waals surface area contributed by atoms with E-state index < -0.39 is 21.2 Å². The Morgan fingerprint density at radius 2 is 1.69 bits per heavy atom. The summed E-state index contributed by atoms with van der Waals surface area (Å²) in [4.78, 5) is 11.1. The minimum Gasteiger partial charge on any atom is -0.288 e. The summed E-state index contributed by atoms with van der Waals surface area (Å²) >= 11 is 0. The van der Waals surface area contributed by atoms with Gasteiger partial charge >= 0.3 is 0 Å². The quantitative estimate of drug-likeness (QED) is 0.270. The molecule has 1 unspecified atom stereocenters. The summed E-state index contributed by atoms with van der Waals surface area (Å²) in [5.41, 5.74) is 4.61. The monoisotopic (exact) mass is 408 g/mol. The maximum atomic E-state index is 13.1. The number of carbonyl (C=O) groups excluding carboxylic acids is 1. The van der Waals surface area contributed by atoms with E-state index in [2.05, 4.69) is 6.58 Å². The average Bonchev–Trinajstić information content (AvgIpc) is 3.23. The van der Waals surface area contributed by atoms with Crippen molar-refractivity contribution < 1.29 is 18.4 Å². The fourth-order valence-corrected chi connectivity index (χ4v) is 4.42. The zero-order valence-corrected chi connectivity index (χ0v) is 16.3. The highest BCUT2D eigenvalue weighted by atomic mass is 32.2. The van der Waals surface area contributed by atoms with Gasteiger partial charge in [0, 0.05) is 18.5 Å². The van der Waals surface area contributed by atoms with E-state index in [0.29, 0.717) is 11.1 Å². The molecular weight excluding hydrogens is 388 g/mol. The lowest BCUT2D eigenvalue weighted by molar-refractivity contribution is -0.124. The van der Waals surface area contributed by atoms with Crippen molar-refractivity contribution >= 4 is 22.0 Å². The molecule has 1 atom stereocenters. The van der Waals surface area contributed by atoms with Crippen LogP contribution >= 0.6 is 0 Å². The fourth-order valence-electron chi connectivity index (χ4n) is 2.92. The van der Waals surface area contributed by atoms with Crippen LogP contribution < -0.4 is 5.48 Å². The predicted octanol–water partition coefficient (Wildman–Crippen LogP) is 3.78. The highest BCUT2D eigenvalue weighted by molar-refractivity contribution is 7.90. The number of aromatic nitrogens is 1. The first kappa shape index (κ1) is 20.3. The fraction of sp³-hybridized carbons (Fsp3) is 0.0455. The third kappa shape index (κ3) is 4.53. The van der Waals surface area contributed by atoms with E-state index in [1.165, 1.54) is 30.0 Å². The van der Waals surface area contributed by atoms with Gasteiger partial charge in [-0.25, -0.2) is 13.9 Å². The summed E-state index contributed by atoms with van der Waals surface area (Å²) < 4.78 is 27.2. The van der Waals surface area contributed by atoms with Gasteiger partial charge in [0.25, 0.3) is 5.91 Å². The first-order chi connectivity index (χ1) is 14.0. The van der Waals surface area contributed by atoms with Crippen molar-refractivity contribution in [3.63, 3.8) is 0 Å². The number of hydrogen-bond acceptors (Lipinski definition) is 4. The Hall–Kier alpha value is -3.42. The van der Waals surface area contributed by atoms with E-state index in [1.807, 2.05) is 42.5 Å². The summed E-state index contributed by atoms with van der Waals surface area (Å²) in [7, 11) is -3.79. The maximum Gasteiger partial charge on any atom is 0.267 e. The van der Waals surface area contributed by atoms with Gasteiger partial charge in [-0.05, 0) is 34.4 Å². The zero-order valence-electron chi connectivity index (χ0n) is 15.5. The number of hydroxylamine groups is 1. The Kier molecular flexibility index (Phi) is 6.11. The molecule has 1 aromatic heterocycles. The molecule has 148 valence electrons. The van der Waals surface area contributed by atoms with Gasteiger partial charge in [-0.2, -0.15) is 0 Å². The van der Waals surface area contributed by atoms with Crippen LogP contribution in [-0.4, -0.2) is 23.5 Å². The molecular formula is C22H20N2O4S. The molecule has 3 rings (SSSR count). The lowest BCUT2D eigenvalue weighted by Gasteiger charge is -2.15. The van der Waals surface area contributed by atoms with Crippen LogP contribution in [0.2, 0.25) is 0 Å². The molecule has 0 aliphatic carbocycles. The lowest BCUT2D eigenvalue weighted by atomic mass is 10.0. The first-order valence-corrected chi connectivity index (χ1v) is 10.3. The highest BCUT2D eigenvalue weighted by Crippen LogP contribution is 2.28. The maximum absolute atomic E-state index is 13.1. The van der Waals surface area contributed by atoms with Crippen LogP contribution in [-0.2, 0) is 14.8 Å². The second-order valence-corrected chi connectivity index (χ2v) is 8.23. The Morgan fingerprint density at radius 1 is 1.03 bits per heavy atom. The van der Waals surface area contributed by atoms with Crippen molar-refractivity contribution in [3.8, 4) is 11.1 Å². The molecule has 2 N–H and O–H groups in total. The van der Waals surface area contributed by atoms with Gasteiger partial charge in [-0.1, -0.05) is 60.7 Å². The van der Waals surface area contributed by atoms with Crippen LogP contribution in [0.15, 0.2) is 91.8 Å². The molecule has 6 nitrogen and oxygen atoms in total. The average molecular weight is 408 g/mol. The number of carbonyl (C=O) groups is 1. The molecule has 1 amide bonds. The van der Waals surface area contributed by atoms with Crippen LogP contribution in [0.3, 0.4) is 0 Å². The van der Waals surface area contributed by atoms with Gasteiger partial charge in [0.2, 0.25) is 10.0 Å². The third-order valence-electron chi connectivity index (χ3n) is 4.40. The number of nitrogens with zero attached hydrogens (tertiary/aromatic N) is 1. The van der Waals surface area contributed by atoms with Crippen molar-refractivity contribution in [2.75, 3.05) is 0 Å². The molecule has 1 heterocycles. The Balaban J connectivity index is 1.87. The molecule has 0 saturated carbocycles. The van der Waals surface area contributed by atoms with Gasteiger partial charge in [-0.3, -0.25) is 14.0 Å².